The minimum absolute atomic E-state index is 0.0350. The maximum atomic E-state index is 12.1. The van der Waals surface area contributed by atoms with E-state index in [2.05, 4.69) is 10.3 Å². The van der Waals surface area contributed by atoms with Gasteiger partial charge in [-0.2, -0.15) is 0 Å². The second-order valence-corrected chi connectivity index (χ2v) is 7.62. The van der Waals surface area contributed by atoms with E-state index in [0.29, 0.717) is 12.3 Å². The second-order valence-electron chi connectivity index (χ2n) is 6.67. The Balaban J connectivity index is 1.41. The quantitative estimate of drug-likeness (QED) is 0.737. The monoisotopic (exact) mass is 346 g/mol. The molecule has 2 heterocycles. The summed E-state index contributed by atoms with van der Waals surface area (Å²) in [5, 5.41) is 5.02. The number of carbonyl (C=O) groups is 1. The molecule has 3 rings (SSSR count). The molecule has 1 fully saturated rings. The highest BCUT2D eigenvalue weighted by Gasteiger charge is 2.16. The molecular weight excluding hydrogens is 320 g/mol. The highest BCUT2D eigenvalue weighted by molar-refractivity contribution is 7.13. The Hall–Kier alpha value is -1.62. The molecular formula is C19H26N2O2S. The predicted octanol–water partition coefficient (Wildman–Crippen LogP) is 4.73. The minimum Gasteiger partial charge on any atom is -0.440 e. The maximum absolute atomic E-state index is 12.1. The molecule has 1 saturated carbocycles. The van der Waals surface area contributed by atoms with Gasteiger partial charge in [-0.15, -0.1) is 11.3 Å². The summed E-state index contributed by atoms with van der Waals surface area (Å²) in [6.07, 6.45) is 9.53. The van der Waals surface area contributed by atoms with Crippen LogP contribution in [0.25, 0.3) is 10.8 Å². The Labute approximate surface area is 147 Å². The van der Waals surface area contributed by atoms with Crippen molar-refractivity contribution >= 4 is 17.2 Å². The molecule has 0 unspecified atom stereocenters. The summed E-state index contributed by atoms with van der Waals surface area (Å²) >= 11 is 1.59. The van der Waals surface area contributed by atoms with Gasteiger partial charge in [-0.05, 0) is 37.1 Å². The summed E-state index contributed by atoms with van der Waals surface area (Å²) in [6, 6.07) is 3.95. The number of amides is 1. The lowest BCUT2D eigenvalue weighted by Crippen LogP contribution is -2.27. The van der Waals surface area contributed by atoms with Gasteiger partial charge in [-0.25, -0.2) is 4.98 Å². The number of oxazole rings is 1. The Bertz CT molecular complexity index is 642. The molecule has 2 aromatic heterocycles. The van der Waals surface area contributed by atoms with Crippen molar-refractivity contribution in [2.24, 2.45) is 5.92 Å². The lowest BCUT2D eigenvalue weighted by atomic mass is 9.86. The predicted molar refractivity (Wildman–Crippen MR) is 97.1 cm³/mol. The van der Waals surface area contributed by atoms with Crippen molar-refractivity contribution in [3.63, 3.8) is 0 Å². The largest absolute Gasteiger partial charge is 0.440 e. The van der Waals surface area contributed by atoms with E-state index in [0.717, 1.165) is 35.2 Å². The van der Waals surface area contributed by atoms with Crippen LogP contribution in [0, 0.1) is 12.8 Å². The third-order valence-corrected chi connectivity index (χ3v) is 5.65. The van der Waals surface area contributed by atoms with Crippen molar-refractivity contribution in [3.8, 4) is 10.8 Å². The Kier molecular flexibility index (Phi) is 6.07. The summed E-state index contributed by atoms with van der Waals surface area (Å²) < 4.78 is 5.68. The van der Waals surface area contributed by atoms with Gasteiger partial charge >= 0.3 is 0 Å². The molecule has 0 spiro atoms. The van der Waals surface area contributed by atoms with Crippen LogP contribution in [0.1, 0.15) is 56.4 Å². The van der Waals surface area contributed by atoms with Crippen molar-refractivity contribution in [2.75, 3.05) is 6.54 Å². The molecule has 0 atom stereocenters. The first-order valence-corrected chi connectivity index (χ1v) is 9.87. The number of hydrogen-bond donors (Lipinski definition) is 1. The van der Waals surface area contributed by atoms with Crippen molar-refractivity contribution in [1.29, 1.82) is 0 Å². The van der Waals surface area contributed by atoms with E-state index in [1.165, 1.54) is 38.5 Å². The normalized spacial score (nSPS) is 15.5. The number of hydrogen-bond acceptors (Lipinski definition) is 4. The van der Waals surface area contributed by atoms with Crippen LogP contribution in [0.5, 0.6) is 0 Å². The summed E-state index contributed by atoms with van der Waals surface area (Å²) in [5.74, 6) is 2.26. The van der Waals surface area contributed by atoms with Gasteiger partial charge < -0.3 is 9.73 Å². The standard InChI is InChI=1S/C19H26N2O2S/c1-14-16(21-19(23-14)17-10-6-12-24-17)13-18(22)20-11-5-9-15-7-3-2-4-8-15/h6,10,12,15H,2-5,7-9,11,13H2,1H3,(H,20,22). The van der Waals surface area contributed by atoms with Crippen molar-refractivity contribution in [2.45, 2.75) is 58.3 Å². The topological polar surface area (TPSA) is 55.1 Å². The second kappa shape index (κ2) is 8.47. The molecule has 24 heavy (non-hydrogen) atoms. The molecule has 1 N–H and O–H groups in total. The zero-order valence-corrected chi connectivity index (χ0v) is 15.2. The van der Waals surface area contributed by atoms with Crippen LogP contribution >= 0.6 is 11.3 Å². The molecule has 2 aromatic rings. The highest BCUT2D eigenvalue weighted by Crippen LogP contribution is 2.27. The number of aromatic nitrogens is 1. The maximum Gasteiger partial charge on any atom is 0.236 e. The van der Waals surface area contributed by atoms with Crippen LogP contribution in [0.3, 0.4) is 0 Å². The summed E-state index contributed by atoms with van der Waals surface area (Å²) in [7, 11) is 0. The number of carbonyl (C=O) groups excluding carboxylic acids is 1. The SMILES string of the molecule is Cc1oc(-c2cccs2)nc1CC(=O)NCCCC1CCCCC1. The lowest BCUT2D eigenvalue weighted by Gasteiger charge is -2.21. The van der Waals surface area contributed by atoms with E-state index in [9.17, 15) is 4.79 Å². The van der Waals surface area contributed by atoms with Gasteiger partial charge in [-0.3, -0.25) is 4.79 Å². The Morgan fingerprint density at radius 3 is 2.96 bits per heavy atom. The number of aryl methyl sites for hydroxylation is 1. The fraction of sp³-hybridized carbons (Fsp3) is 0.579. The molecule has 1 aliphatic carbocycles. The van der Waals surface area contributed by atoms with Gasteiger partial charge in [0.1, 0.15) is 5.76 Å². The molecule has 0 saturated heterocycles. The molecule has 0 aromatic carbocycles. The fourth-order valence-electron chi connectivity index (χ4n) is 3.41. The molecule has 0 bridgehead atoms. The molecule has 1 aliphatic rings. The van der Waals surface area contributed by atoms with Crippen LogP contribution in [0.4, 0.5) is 0 Å². The van der Waals surface area contributed by atoms with Crippen LogP contribution in [-0.4, -0.2) is 17.4 Å². The first kappa shape index (κ1) is 17.2. The van der Waals surface area contributed by atoms with Crippen LogP contribution in [-0.2, 0) is 11.2 Å². The smallest absolute Gasteiger partial charge is 0.236 e. The average Bonchev–Trinajstić information content (AvgIpc) is 3.23. The number of rotatable bonds is 7. The van der Waals surface area contributed by atoms with Crippen LogP contribution in [0.2, 0.25) is 0 Å². The Morgan fingerprint density at radius 2 is 2.21 bits per heavy atom. The van der Waals surface area contributed by atoms with E-state index in [-0.39, 0.29) is 5.91 Å². The molecule has 4 nitrogen and oxygen atoms in total. The molecule has 5 heteroatoms. The van der Waals surface area contributed by atoms with Crippen molar-refractivity contribution < 1.29 is 9.21 Å². The summed E-state index contributed by atoms with van der Waals surface area (Å²) in [6.45, 7) is 2.64. The van der Waals surface area contributed by atoms with E-state index in [4.69, 9.17) is 4.42 Å². The number of nitrogens with one attached hydrogen (secondary N) is 1. The van der Waals surface area contributed by atoms with E-state index in [1.54, 1.807) is 11.3 Å². The zero-order chi connectivity index (χ0) is 16.8. The van der Waals surface area contributed by atoms with Gasteiger partial charge in [0.05, 0.1) is 17.0 Å². The van der Waals surface area contributed by atoms with Crippen molar-refractivity contribution in [3.05, 3.63) is 29.0 Å². The first-order valence-electron chi connectivity index (χ1n) is 8.99. The zero-order valence-electron chi connectivity index (χ0n) is 14.3. The number of thiophene rings is 1. The van der Waals surface area contributed by atoms with E-state index in [1.807, 2.05) is 24.4 Å². The third-order valence-electron chi connectivity index (χ3n) is 4.79. The lowest BCUT2D eigenvalue weighted by molar-refractivity contribution is -0.120. The van der Waals surface area contributed by atoms with Gasteiger partial charge in [0, 0.05) is 6.54 Å². The van der Waals surface area contributed by atoms with E-state index < -0.39 is 0 Å². The van der Waals surface area contributed by atoms with Gasteiger partial charge in [0.15, 0.2) is 0 Å². The van der Waals surface area contributed by atoms with E-state index >= 15 is 0 Å². The summed E-state index contributed by atoms with van der Waals surface area (Å²) in [4.78, 5) is 17.6. The fourth-order valence-corrected chi connectivity index (χ4v) is 4.06. The van der Waals surface area contributed by atoms with Crippen molar-refractivity contribution in [1.82, 2.24) is 10.3 Å². The van der Waals surface area contributed by atoms with Gasteiger partial charge in [0.2, 0.25) is 11.8 Å². The molecule has 0 radical (unpaired) electrons. The van der Waals surface area contributed by atoms with Gasteiger partial charge in [0.25, 0.3) is 0 Å². The highest BCUT2D eigenvalue weighted by atomic mass is 32.1. The molecule has 130 valence electrons. The first-order chi connectivity index (χ1) is 11.7. The van der Waals surface area contributed by atoms with Gasteiger partial charge in [-0.1, -0.05) is 38.2 Å². The Morgan fingerprint density at radius 1 is 1.38 bits per heavy atom. The third kappa shape index (κ3) is 4.69. The summed E-state index contributed by atoms with van der Waals surface area (Å²) in [5.41, 5.74) is 0.739. The minimum atomic E-state index is 0.0350. The average molecular weight is 346 g/mol. The molecule has 1 amide bonds. The van der Waals surface area contributed by atoms with Crippen LogP contribution in [0.15, 0.2) is 21.9 Å². The molecule has 0 aliphatic heterocycles. The number of nitrogens with zero attached hydrogens (tertiary/aromatic N) is 1. The van der Waals surface area contributed by atoms with Crippen LogP contribution < -0.4 is 5.32 Å².